The molecule has 2 atom stereocenters. The topological polar surface area (TPSA) is 56.7 Å². The zero-order chi connectivity index (χ0) is 19.0. The van der Waals surface area contributed by atoms with E-state index in [-0.39, 0.29) is 6.04 Å². The van der Waals surface area contributed by atoms with Gasteiger partial charge in [-0.3, -0.25) is 9.69 Å². The molecule has 0 radical (unpaired) electrons. The van der Waals surface area contributed by atoms with E-state index in [9.17, 15) is 9.90 Å². The number of hydrogen-bond acceptors (Lipinski definition) is 5. The van der Waals surface area contributed by atoms with Crippen molar-refractivity contribution in [1.29, 1.82) is 0 Å². The Hall–Kier alpha value is -1.76. The Morgan fingerprint density at radius 1 is 1.33 bits per heavy atom. The molecule has 0 amide bonds. The zero-order valence-electron chi connectivity index (χ0n) is 16.0. The minimum Gasteiger partial charge on any atom is -0.481 e. The van der Waals surface area contributed by atoms with Crippen molar-refractivity contribution >= 4 is 17.3 Å². The van der Waals surface area contributed by atoms with E-state index in [2.05, 4.69) is 53.0 Å². The van der Waals surface area contributed by atoms with Crippen molar-refractivity contribution in [3.8, 4) is 10.6 Å². The molecular formula is C21H27N3O2S. The fourth-order valence-electron chi connectivity index (χ4n) is 4.73. The normalized spacial score (nSPS) is 26.7. The Kier molecular flexibility index (Phi) is 5.05. The number of benzene rings is 1. The minimum absolute atomic E-state index is 0.0984. The molecule has 5 nitrogen and oxygen atoms in total. The molecule has 144 valence electrons. The number of aromatic nitrogens is 1. The molecule has 0 saturated carbocycles. The maximum Gasteiger partial charge on any atom is 0.311 e. The molecule has 27 heavy (non-hydrogen) atoms. The number of carboxylic acids is 1. The number of rotatable bonds is 4. The van der Waals surface area contributed by atoms with Crippen LogP contribution in [0.2, 0.25) is 0 Å². The number of nitrogens with zero attached hydrogens (tertiary/aromatic N) is 3. The second-order valence-corrected chi connectivity index (χ2v) is 9.11. The lowest BCUT2D eigenvalue weighted by molar-refractivity contribution is -0.162. The van der Waals surface area contributed by atoms with Crippen molar-refractivity contribution < 1.29 is 9.90 Å². The summed E-state index contributed by atoms with van der Waals surface area (Å²) in [6.07, 6.45) is 4.51. The standard InChI is InChI=1S/C21H27N3O2S/c1-15-6-3-4-7-17(15)19-22-12-16(27-19)13-24-11-9-21(20(25)26)8-5-10-23(2)18(21)14-24/h3-4,6-7,12,18H,5,8-11,13-14H2,1-2H3,(H,25,26)/t18-,21+/m1/s1. The summed E-state index contributed by atoms with van der Waals surface area (Å²) in [5.74, 6) is -0.613. The summed E-state index contributed by atoms with van der Waals surface area (Å²) in [4.78, 5) is 22.6. The van der Waals surface area contributed by atoms with Gasteiger partial charge in [0.05, 0.1) is 5.41 Å². The highest BCUT2D eigenvalue weighted by atomic mass is 32.1. The monoisotopic (exact) mass is 385 g/mol. The Labute approximate surface area is 164 Å². The Morgan fingerprint density at radius 2 is 2.15 bits per heavy atom. The number of carbonyl (C=O) groups is 1. The number of carboxylic acid groups (broad SMARTS) is 1. The van der Waals surface area contributed by atoms with Gasteiger partial charge in [-0.2, -0.15) is 0 Å². The molecule has 0 bridgehead atoms. The summed E-state index contributed by atoms with van der Waals surface area (Å²) < 4.78 is 0. The molecule has 0 unspecified atom stereocenters. The van der Waals surface area contributed by atoms with Gasteiger partial charge in [0.1, 0.15) is 5.01 Å². The van der Waals surface area contributed by atoms with Crippen LogP contribution in [-0.2, 0) is 11.3 Å². The lowest BCUT2D eigenvalue weighted by Crippen LogP contribution is -2.62. The second kappa shape index (κ2) is 7.34. The van der Waals surface area contributed by atoms with Crippen molar-refractivity contribution in [1.82, 2.24) is 14.8 Å². The van der Waals surface area contributed by atoms with Gasteiger partial charge in [-0.25, -0.2) is 4.98 Å². The third kappa shape index (κ3) is 3.42. The van der Waals surface area contributed by atoms with Crippen LogP contribution in [0.1, 0.15) is 29.7 Å². The molecule has 2 saturated heterocycles. The number of piperidine rings is 2. The first-order chi connectivity index (χ1) is 13.0. The van der Waals surface area contributed by atoms with Crippen molar-refractivity contribution in [2.75, 3.05) is 26.7 Å². The molecule has 2 aromatic rings. The Morgan fingerprint density at radius 3 is 2.93 bits per heavy atom. The molecular weight excluding hydrogens is 358 g/mol. The maximum absolute atomic E-state index is 12.1. The van der Waals surface area contributed by atoms with Crippen LogP contribution in [-0.4, -0.2) is 58.6 Å². The summed E-state index contributed by atoms with van der Waals surface area (Å²) in [7, 11) is 2.08. The molecule has 1 aromatic heterocycles. The second-order valence-electron chi connectivity index (χ2n) is 7.99. The Balaban J connectivity index is 1.49. The van der Waals surface area contributed by atoms with E-state index in [0.29, 0.717) is 0 Å². The van der Waals surface area contributed by atoms with Crippen LogP contribution < -0.4 is 0 Å². The highest BCUT2D eigenvalue weighted by Crippen LogP contribution is 2.42. The smallest absolute Gasteiger partial charge is 0.311 e. The van der Waals surface area contributed by atoms with Crippen molar-refractivity contribution in [2.45, 2.75) is 38.8 Å². The first kappa shape index (κ1) is 18.6. The number of thiazole rings is 1. The molecule has 0 aliphatic carbocycles. The van der Waals surface area contributed by atoms with E-state index in [0.717, 1.165) is 50.4 Å². The van der Waals surface area contributed by atoms with Crippen LogP contribution in [0.25, 0.3) is 10.6 Å². The van der Waals surface area contributed by atoms with Gasteiger partial charge in [-0.1, -0.05) is 24.3 Å². The maximum atomic E-state index is 12.1. The highest BCUT2D eigenvalue weighted by Gasteiger charge is 2.52. The van der Waals surface area contributed by atoms with Gasteiger partial charge in [0.2, 0.25) is 0 Å². The molecule has 3 heterocycles. The molecule has 4 rings (SSSR count). The van der Waals surface area contributed by atoms with Crippen molar-refractivity contribution in [3.63, 3.8) is 0 Å². The number of aryl methyl sites for hydroxylation is 1. The molecule has 1 N–H and O–H groups in total. The summed E-state index contributed by atoms with van der Waals surface area (Å²) >= 11 is 1.75. The van der Waals surface area contributed by atoms with Crippen LogP contribution in [0.15, 0.2) is 30.5 Å². The van der Waals surface area contributed by atoms with Crippen LogP contribution in [0.4, 0.5) is 0 Å². The van der Waals surface area contributed by atoms with E-state index >= 15 is 0 Å². The van der Waals surface area contributed by atoms with Gasteiger partial charge in [-0.15, -0.1) is 11.3 Å². The van der Waals surface area contributed by atoms with Gasteiger partial charge >= 0.3 is 5.97 Å². The fourth-order valence-corrected chi connectivity index (χ4v) is 5.77. The molecule has 0 spiro atoms. The van der Waals surface area contributed by atoms with Gasteiger partial charge in [-0.05, 0) is 51.9 Å². The third-order valence-electron chi connectivity index (χ3n) is 6.34. The van der Waals surface area contributed by atoms with Gasteiger partial charge in [0.15, 0.2) is 0 Å². The van der Waals surface area contributed by atoms with Gasteiger partial charge in [0, 0.05) is 35.8 Å². The number of fused-ring (bicyclic) bond motifs is 1. The summed E-state index contributed by atoms with van der Waals surface area (Å²) in [5, 5.41) is 11.0. The third-order valence-corrected chi connectivity index (χ3v) is 7.36. The summed E-state index contributed by atoms with van der Waals surface area (Å²) in [6.45, 7) is 5.62. The first-order valence-corrected chi connectivity index (χ1v) is 10.5. The number of likely N-dealkylation sites (N-methyl/N-ethyl adjacent to an activating group) is 1. The molecule has 6 heteroatoms. The number of aliphatic carboxylic acids is 1. The zero-order valence-corrected chi connectivity index (χ0v) is 16.8. The van der Waals surface area contributed by atoms with E-state index in [1.54, 1.807) is 11.3 Å². The van der Waals surface area contributed by atoms with Crippen molar-refractivity contribution in [2.24, 2.45) is 5.41 Å². The number of hydrogen-bond donors (Lipinski definition) is 1. The Bertz CT molecular complexity index is 836. The van der Waals surface area contributed by atoms with E-state index in [4.69, 9.17) is 0 Å². The quantitative estimate of drug-likeness (QED) is 0.873. The first-order valence-electron chi connectivity index (χ1n) is 9.66. The molecule has 2 fully saturated rings. The van der Waals surface area contributed by atoms with Crippen LogP contribution in [0, 0.1) is 12.3 Å². The van der Waals surface area contributed by atoms with Crippen LogP contribution in [0.5, 0.6) is 0 Å². The van der Waals surface area contributed by atoms with Crippen LogP contribution in [0.3, 0.4) is 0 Å². The summed E-state index contributed by atoms with van der Waals surface area (Å²) in [5.41, 5.74) is 1.87. The summed E-state index contributed by atoms with van der Waals surface area (Å²) in [6, 6.07) is 8.44. The molecule has 2 aliphatic heterocycles. The lowest BCUT2D eigenvalue weighted by atomic mass is 9.68. The van der Waals surface area contributed by atoms with E-state index < -0.39 is 11.4 Å². The molecule has 1 aromatic carbocycles. The fraction of sp³-hybridized carbons (Fsp3) is 0.524. The van der Waals surface area contributed by atoms with E-state index in [1.165, 1.54) is 16.0 Å². The predicted molar refractivity (Wildman–Crippen MR) is 108 cm³/mol. The van der Waals surface area contributed by atoms with E-state index in [1.807, 2.05) is 6.20 Å². The predicted octanol–water partition coefficient (Wildman–Crippen LogP) is 3.49. The van der Waals surface area contributed by atoms with Crippen molar-refractivity contribution in [3.05, 3.63) is 40.9 Å². The number of likely N-dealkylation sites (tertiary alicyclic amines) is 2. The lowest BCUT2D eigenvalue weighted by Gasteiger charge is -2.51. The minimum atomic E-state index is -0.613. The molecule has 2 aliphatic rings. The average molecular weight is 386 g/mol. The van der Waals surface area contributed by atoms with Gasteiger partial charge in [0.25, 0.3) is 0 Å². The van der Waals surface area contributed by atoms with Gasteiger partial charge < -0.3 is 10.0 Å². The SMILES string of the molecule is Cc1ccccc1-c1ncc(CN2CC[C@@]3(C(=O)O)CCCN(C)[C@@H]3C2)s1. The largest absolute Gasteiger partial charge is 0.481 e. The highest BCUT2D eigenvalue weighted by molar-refractivity contribution is 7.15. The van der Waals surface area contributed by atoms with Crippen LogP contribution >= 0.6 is 11.3 Å². The average Bonchev–Trinajstić information content (AvgIpc) is 3.11.